The second-order valence-electron chi connectivity index (χ2n) is 6.68. The molecule has 1 amide bonds. The molecule has 2 aromatic carbocycles. The molecule has 0 aliphatic carbocycles. The molecule has 0 saturated carbocycles. The predicted octanol–water partition coefficient (Wildman–Crippen LogP) is 4.79. The molecule has 1 atom stereocenters. The van der Waals surface area contributed by atoms with Crippen LogP contribution in [0.5, 0.6) is 5.75 Å². The highest BCUT2D eigenvalue weighted by molar-refractivity contribution is 6.02. The highest BCUT2D eigenvalue weighted by atomic mass is 16.5. The maximum absolute atomic E-state index is 13.2. The zero-order valence-corrected chi connectivity index (χ0v) is 15.5. The first-order valence-electron chi connectivity index (χ1n) is 9.13. The summed E-state index contributed by atoms with van der Waals surface area (Å²) in [6.45, 7) is 9.04. The van der Waals surface area contributed by atoms with Crippen molar-refractivity contribution < 1.29 is 9.53 Å². The number of carbonyl (C=O) groups is 1. The number of fused-ring (bicyclic) bond motifs is 1. The summed E-state index contributed by atoms with van der Waals surface area (Å²) in [6.07, 6.45) is 3.71. The Kier molecular flexibility index (Phi) is 5.31. The van der Waals surface area contributed by atoms with Crippen LogP contribution in [0.3, 0.4) is 0 Å². The first kappa shape index (κ1) is 18.1. The SMILES string of the molecule is C=CCOc1cccc(C2(C)Nc3ccccc3C(=O)N2CCCC)c1. The lowest BCUT2D eigenvalue weighted by molar-refractivity contribution is 0.0530. The zero-order valence-electron chi connectivity index (χ0n) is 15.5. The van der Waals surface area contributed by atoms with Crippen molar-refractivity contribution in [3.63, 3.8) is 0 Å². The molecule has 4 nitrogen and oxygen atoms in total. The van der Waals surface area contributed by atoms with Gasteiger partial charge >= 0.3 is 0 Å². The molecule has 0 saturated heterocycles. The number of amides is 1. The van der Waals surface area contributed by atoms with E-state index in [0.717, 1.165) is 35.4 Å². The number of ether oxygens (including phenoxy) is 1. The van der Waals surface area contributed by atoms with Gasteiger partial charge in [-0.15, -0.1) is 0 Å². The molecular weight excluding hydrogens is 324 g/mol. The molecule has 2 aromatic rings. The van der Waals surface area contributed by atoms with Crippen molar-refractivity contribution in [1.29, 1.82) is 0 Å². The molecule has 0 spiro atoms. The molecule has 1 unspecified atom stereocenters. The molecule has 1 aliphatic rings. The number of rotatable bonds is 7. The number of unbranched alkanes of at least 4 members (excludes halogenated alkanes) is 1. The summed E-state index contributed by atoms with van der Waals surface area (Å²) >= 11 is 0. The lowest BCUT2D eigenvalue weighted by Crippen LogP contribution is -2.56. The Morgan fingerprint density at radius 3 is 2.81 bits per heavy atom. The van der Waals surface area contributed by atoms with Gasteiger partial charge in [-0.05, 0) is 37.6 Å². The van der Waals surface area contributed by atoms with Gasteiger partial charge < -0.3 is 15.0 Å². The van der Waals surface area contributed by atoms with Gasteiger partial charge in [-0.25, -0.2) is 0 Å². The van der Waals surface area contributed by atoms with Gasteiger partial charge in [0, 0.05) is 17.8 Å². The maximum Gasteiger partial charge on any atom is 0.258 e. The Hall–Kier alpha value is -2.75. The number of anilines is 1. The first-order valence-corrected chi connectivity index (χ1v) is 9.13. The Balaban J connectivity index is 2.03. The van der Waals surface area contributed by atoms with Crippen molar-refractivity contribution in [1.82, 2.24) is 4.90 Å². The van der Waals surface area contributed by atoms with Crippen molar-refractivity contribution in [3.05, 3.63) is 72.3 Å². The van der Waals surface area contributed by atoms with Crippen LogP contribution in [-0.2, 0) is 5.66 Å². The number of carbonyl (C=O) groups excluding carboxylic acids is 1. The van der Waals surface area contributed by atoms with Gasteiger partial charge in [0.05, 0.1) is 5.56 Å². The van der Waals surface area contributed by atoms with Gasteiger partial charge in [0.15, 0.2) is 0 Å². The van der Waals surface area contributed by atoms with Crippen LogP contribution >= 0.6 is 0 Å². The van der Waals surface area contributed by atoms with Gasteiger partial charge in [-0.1, -0.05) is 50.3 Å². The Morgan fingerprint density at radius 1 is 1.23 bits per heavy atom. The Bertz CT molecular complexity index is 802. The van der Waals surface area contributed by atoms with Crippen LogP contribution in [0.25, 0.3) is 0 Å². The number of para-hydroxylation sites is 1. The topological polar surface area (TPSA) is 41.6 Å². The molecule has 4 heteroatoms. The Labute approximate surface area is 155 Å². The third-order valence-corrected chi connectivity index (χ3v) is 4.82. The molecule has 0 fully saturated rings. The first-order chi connectivity index (χ1) is 12.6. The fourth-order valence-corrected chi connectivity index (χ4v) is 3.37. The third-order valence-electron chi connectivity index (χ3n) is 4.82. The van der Waals surface area contributed by atoms with Crippen molar-refractivity contribution in [3.8, 4) is 5.75 Å². The van der Waals surface area contributed by atoms with Crippen LogP contribution < -0.4 is 10.1 Å². The summed E-state index contributed by atoms with van der Waals surface area (Å²) in [5.41, 5.74) is 1.96. The smallest absolute Gasteiger partial charge is 0.258 e. The predicted molar refractivity (Wildman–Crippen MR) is 105 cm³/mol. The van der Waals surface area contributed by atoms with Crippen LogP contribution in [0.15, 0.2) is 61.2 Å². The van der Waals surface area contributed by atoms with Crippen molar-refractivity contribution in [2.75, 3.05) is 18.5 Å². The maximum atomic E-state index is 13.2. The second-order valence-corrected chi connectivity index (χ2v) is 6.68. The molecule has 1 N–H and O–H groups in total. The molecule has 3 rings (SSSR count). The number of benzene rings is 2. The monoisotopic (exact) mass is 350 g/mol. The van der Waals surface area contributed by atoms with Crippen LogP contribution in [0.1, 0.15) is 42.6 Å². The van der Waals surface area contributed by atoms with Gasteiger partial charge in [-0.2, -0.15) is 0 Å². The minimum Gasteiger partial charge on any atom is -0.490 e. The quantitative estimate of drug-likeness (QED) is 0.730. The van der Waals surface area contributed by atoms with Crippen LogP contribution in [-0.4, -0.2) is 24.0 Å². The number of nitrogens with zero attached hydrogens (tertiary/aromatic N) is 1. The van der Waals surface area contributed by atoms with E-state index in [9.17, 15) is 4.79 Å². The number of hydrogen-bond acceptors (Lipinski definition) is 3. The highest BCUT2D eigenvalue weighted by Crippen LogP contribution is 2.38. The number of nitrogens with one attached hydrogen (secondary N) is 1. The van der Waals surface area contributed by atoms with E-state index >= 15 is 0 Å². The van der Waals surface area contributed by atoms with Crippen LogP contribution in [0.4, 0.5) is 5.69 Å². The Morgan fingerprint density at radius 2 is 2.04 bits per heavy atom. The number of hydrogen-bond donors (Lipinski definition) is 1. The van der Waals surface area contributed by atoms with E-state index in [1.54, 1.807) is 6.08 Å². The fourth-order valence-electron chi connectivity index (χ4n) is 3.37. The van der Waals surface area contributed by atoms with Crippen molar-refractivity contribution in [2.45, 2.75) is 32.4 Å². The zero-order chi connectivity index (χ0) is 18.6. The molecule has 0 radical (unpaired) electrons. The third kappa shape index (κ3) is 3.32. The lowest BCUT2D eigenvalue weighted by atomic mass is 9.93. The van der Waals surface area contributed by atoms with E-state index in [4.69, 9.17) is 4.74 Å². The minimum atomic E-state index is -0.631. The summed E-state index contributed by atoms with van der Waals surface area (Å²) in [4.78, 5) is 15.1. The lowest BCUT2D eigenvalue weighted by Gasteiger charge is -2.47. The van der Waals surface area contributed by atoms with Gasteiger partial charge in [-0.3, -0.25) is 4.79 Å². The molecule has 136 valence electrons. The van der Waals surface area contributed by atoms with E-state index < -0.39 is 5.66 Å². The molecule has 1 heterocycles. The van der Waals surface area contributed by atoms with E-state index in [0.29, 0.717) is 13.2 Å². The minimum absolute atomic E-state index is 0.0627. The summed E-state index contributed by atoms with van der Waals surface area (Å²) in [6, 6.07) is 15.6. The summed E-state index contributed by atoms with van der Waals surface area (Å²) < 4.78 is 5.70. The molecule has 0 bridgehead atoms. The average molecular weight is 350 g/mol. The van der Waals surface area contributed by atoms with Crippen molar-refractivity contribution >= 4 is 11.6 Å². The molecule has 1 aliphatic heterocycles. The second kappa shape index (κ2) is 7.65. The van der Waals surface area contributed by atoms with E-state index in [1.807, 2.05) is 53.4 Å². The van der Waals surface area contributed by atoms with E-state index in [2.05, 4.69) is 25.7 Å². The van der Waals surface area contributed by atoms with E-state index in [1.165, 1.54) is 0 Å². The molecule has 26 heavy (non-hydrogen) atoms. The standard InChI is InChI=1S/C22H26N2O2/c1-4-6-14-24-21(25)19-12-7-8-13-20(19)23-22(24,3)17-10-9-11-18(16-17)26-15-5-2/h5,7-13,16,23H,2,4,6,14-15H2,1,3H3. The summed E-state index contributed by atoms with van der Waals surface area (Å²) in [5.74, 6) is 0.833. The molecule has 0 aromatic heterocycles. The average Bonchev–Trinajstić information content (AvgIpc) is 2.66. The fraction of sp³-hybridized carbons (Fsp3) is 0.318. The summed E-state index contributed by atoms with van der Waals surface area (Å²) in [5, 5.41) is 3.59. The highest BCUT2D eigenvalue weighted by Gasteiger charge is 2.42. The van der Waals surface area contributed by atoms with E-state index in [-0.39, 0.29) is 5.91 Å². The van der Waals surface area contributed by atoms with Crippen molar-refractivity contribution in [2.24, 2.45) is 0 Å². The van der Waals surface area contributed by atoms with Gasteiger partial charge in [0.25, 0.3) is 5.91 Å². The van der Waals surface area contributed by atoms with Gasteiger partial charge in [0.1, 0.15) is 18.0 Å². The van der Waals surface area contributed by atoms with Crippen LogP contribution in [0, 0.1) is 0 Å². The molecular formula is C22H26N2O2. The van der Waals surface area contributed by atoms with Crippen LogP contribution in [0.2, 0.25) is 0 Å². The van der Waals surface area contributed by atoms with Gasteiger partial charge in [0.2, 0.25) is 0 Å². The summed E-state index contributed by atoms with van der Waals surface area (Å²) in [7, 11) is 0. The normalized spacial score (nSPS) is 18.8. The largest absolute Gasteiger partial charge is 0.490 e.